The normalized spacial score (nSPS) is 10.1. The first-order valence-electron chi connectivity index (χ1n) is 4.60. The van der Waals surface area contributed by atoms with Gasteiger partial charge in [0.25, 0.3) is 0 Å². The number of hydrogen-bond donors (Lipinski definition) is 2. The van der Waals surface area contributed by atoms with E-state index in [-0.39, 0.29) is 46.7 Å². The molecule has 0 aliphatic heterocycles. The van der Waals surface area contributed by atoms with Crippen LogP contribution in [0, 0.1) is 0 Å². The van der Waals surface area contributed by atoms with Crippen LogP contribution < -0.4 is 29.6 Å². The van der Waals surface area contributed by atoms with Crippen LogP contribution in [-0.2, 0) is 0 Å². The maximum absolute atomic E-state index is 9.44. The molecule has 80 valence electrons. The molecule has 0 atom stereocenters. The smallest absolute Gasteiger partial charge is 0.508 e. The topological polar surface area (TPSA) is 78.1 Å². The Morgan fingerprint density at radius 1 is 1.00 bits per heavy atom. The summed E-state index contributed by atoms with van der Waals surface area (Å²) in [5, 5.41) is 26.2. The van der Waals surface area contributed by atoms with Crippen LogP contribution in [0.5, 0.6) is 11.5 Å². The van der Waals surface area contributed by atoms with Crippen molar-refractivity contribution < 1.29 is 39.8 Å². The Labute approximate surface area is 120 Å². The fraction of sp³-hybridized carbons (Fsp3) is 0. The molecule has 5 nitrogen and oxygen atoms in total. The van der Waals surface area contributed by atoms with Crippen LogP contribution >= 0.6 is 0 Å². The van der Waals surface area contributed by atoms with E-state index in [9.17, 15) is 5.11 Å². The zero-order valence-electron chi connectivity index (χ0n) is 9.28. The monoisotopic (exact) mass is 238 g/mol. The molecule has 2 rings (SSSR count). The molecule has 1 heterocycles. The predicted octanol–water partition coefficient (Wildman–Crippen LogP) is -0.0878. The van der Waals surface area contributed by atoms with Gasteiger partial charge in [0.15, 0.2) is 5.82 Å². The minimum absolute atomic E-state index is 0. The van der Waals surface area contributed by atoms with E-state index < -0.39 is 0 Å². The standard InChI is InChI=1S/C11H9N3O2.Na/c15-8-4-5-9(10(16)7-8)13-14-11-3-1-2-6-12-11;/h1-7,15-16H;/q;+1. The fourth-order valence-corrected chi connectivity index (χ4v) is 1.11. The molecule has 0 saturated carbocycles. The maximum Gasteiger partial charge on any atom is 1.00 e. The number of aromatic hydroxyl groups is 2. The van der Waals surface area contributed by atoms with Crippen LogP contribution in [0.15, 0.2) is 52.8 Å². The van der Waals surface area contributed by atoms with Crippen LogP contribution in [0.3, 0.4) is 0 Å². The molecule has 2 aromatic rings. The van der Waals surface area contributed by atoms with E-state index >= 15 is 0 Å². The number of benzene rings is 1. The predicted molar refractivity (Wildman–Crippen MR) is 58.2 cm³/mol. The Morgan fingerprint density at radius 2 is 1.82 bits per heavy atom. The summed E-state index contributed by atoms with van der Waals surface area (Å²) < 4.78 is 0. The molecule has 1 aromatic heterocycles. The van der Waals surface area contributed by atoms with Crippen molar-refractivity contribution in [2.75, 3.05) is 0 Å². The van der Waals surface area contributed by atoms with Gasteiger partial charge in [-0.15, -0.1) is 10.2 Å². The first-order valence-corrected chi connectivity index (χ1v) is 4.60. The van der Waals surface area contributed by atoms with Crippen molar-refractivity contribution in [1.29, 1.82) is 0 Å². The molecule has 0 unspecified atom stereocenters. The second-order valence-electron chi connectivity index (χ2n) is 3.06. The van der Waals surface area contributed by atoms with Gasteiger partial charge < -0.3 is 10.2 Å². The summed E-state index contributed by atoms with van der Waals surface area (Å²) in [6, 6.07) is 9.35. The van der Waals surface area contributed by atoms with Crippen molar-refractivity contribution in [3.63, 3.8) is 0 Å². The molecular formula is C11H9N3NaO2+. The van der Waals surface area contributed by atoms with Crippen molar-refractivity contribution in [3.8, 4) is 11.5 Å². The van der Waals surface area contributed by atoms with E-state index in [1.54, 1.807) is 24.4 Å². The number of rotatable bonds is 2. The van der Waals surface area contributed by atoms with Crippen LogP contribution in [0.4, 0.5) is 11.5 Å². The van der Waals surface area contributed by atoms with Crippen molar-refractivity contribution in [3.05, 3.63) is 42.6 Å². The third-order valence-corrected chi connectivity index (χ3v) is 1.87. The van der Waals surface area contributed by atoms with Crippen LogP contribution in [0.1, 0.15) is 0 Å². The summed E-state index contributed by atoms with van der Waals surface area (Å²) in [4.78, 5) is 3.95. The number of phenols is 2. The van der Waals surface area contributed by atoms with Crippen molar-refractivity contribution in [2.24, 2.45) is 10.2 Å². The van der Waals surface area contributed by atoms with Crippen molar-refractivity contribution in [2.45, 2.75) is 0 Å². The third kappa shape index (κ3) is 3.81. The molecule has 0 bridgehead atoms. The molecule has 17 heavy (non-hydrogen) atoms. The quantitative estimate of drug-likeness (QED) is 0.567. The first-order chi connectivity index (χ1) is 7.75. The fourth-order valence-electron chi connectivity index (χ4n) is 1.11. The van der Waals surface area contributed by atoms with E-state index in [4.69, 9.17) is 5.11 Å². The van der Waals surface area contributed by atoms with E-state index in [1.165, 1.54) is 18.2 Å². The number of hydrogen-bond acceptors (Lipinski definition) is 5. The van der Waals surface area contributed by atoms with Gasteiger partial charge in [-0.2, -0.15) is 0 Å². The Kier molecular flexibility index (Phi) is 5.09. The molecule has 0 amide bonds. The molecule has 0 fully saturated rings. The van der Waals surface area contributed by atoms with E-state index in [2.05, 4.69) is 15.2 Å². The van der Waals surface area contributed by atoms with E-state index in [0.717, 1.165) is 0 Å². The largest absolute Gasteiger partial charge is 1.00 e. The van der Waals surface area contributed by atoms with Crippen LogP contribution in [-0.4, -0.2) is 15.2 Å². The Bertz CT molecular complexity index is 517. The Balaban J connectivity index is 0.00000144. The first kappa shape index (κ1) is 13.6. The molecule has 0 aliphatic carbocycles. The van der Waals surface area contributed by atoms with Crippen molar-refractivity contribution >= 4 is 11.5 Å². The van der Waals surface area contributed by atoms with Gasteiger partial charge in [0.2, 0.25) is 0 Å². The molecule has 0 radical (unpaired) electrons. The second kappa shape index (κ2) is 6.34. The minimum Gasteiger partial charge on any atom is -0.508 e. The van der Waals surface area contributed by atoms with Gasteiger partial charge in [-0.25, -0.2) is 4.98 Å². The average molecular weight is 238 g/mol. The molecule has 6 heteroatoms. The molecular weight excluding hydrogens is 229 g/mol. The SMILES string of the molecule is Oc1ccc(N=Nc2ccccn2)c(O)c1.[Na+]. The molecule has 0 spiro atoms. The Morgan fingerprint density at radius 3 is 2.47 bits per heavy atom. The molecule has 1 aromatic carbocycles. The van der Waals surface area contributed by atoms with Gasteiger partial charge in [0.1, 0.15) is 17.2 Å². The summed E-state index contributed by atoms with van der Waals surface area (Å²) in [6.07, 6.45) is 1.60. The number of phenolic OH excluding ortho intramolecular Hbond substituents is 2. The van der Waals surface area contributed by atoms with Gasteiger partial charge in [-0.1, -0.05) is 6.07 Å². The molecule has 0 aliphatic rings. The number of nitrogens with zero attached hydrogens (tertiary/aromatic N) is 3. The summed E-state index contributed by atoms with van der Waals surface area (Å²) >= 11 is 0. The summed E-state index contributed by atoms with van der Waals surface area (Å²) in [5.41, 5.74) is 0.281. The maximum atomic E-state index is 9.44. The number of aromatic nitrogens is 1. The van der Waals surface area contributed by atoms with Gasteiger partial charge in [-0.05, 0) is 24.3 Å². The number of azo groups is 1. The van der Waals surface area contributed by atoms with E-state index in [1.807, 2.05) is 0 Å². The van der Waals surface area contributed by atoms with Crippen LogP contribution in [0.2, 0.25) is 0 Å². The summed E-state index contributed by atoms with van der Waals surface area (Å²) in [6.45, 7) is 0. The van der Waals surface area contributed by atoms with E-state index in [0.29, 0.717) is 5.82 Å². The molecule has 2 N–H and O–H groups in total. The van der Waals surface area contributed by atoms with Gasteiger partial charge in [-0.3, -0.25) is 0 Å². The van der Waals surface area contributed by atoms with Gasteiger partial charge in [0.05, 0.1) is 0 Å². The van der Waals surface area contributed by atoms with Crippen molar-refractivity contribution in [1.82, 2.24) is 4.98 Å². The third-order valence-electron chi connectivity index (χ3n) is 1.87. The summed E-state index contributed by atoms with van der Waals surface area (Å²) in [5.74, 6) is 0.309. The summed E-state index contributed by atoms with van der Waals surface area (Å²) in [7, 11) is 0. The second-order valence-corrected chi connectivity index (χ2v) is 3.06. The van der Waals surface area contributed by atoms with Crippen LogP contribution in [0.25, 0.3) is 0 Å². The average Bonchev–Trinajstić information content (AvgIpc) is 2.29. The number of pyridine rings is 1. The van der Waals surface area contributed by atoms with Gasteiger partial charge >= 0.3 is 29.6 Å². The zero-order valence-corrected chi connectivity index (χ0v) is 11.3. The Hall–Kier alpha value is -1.43. The molecule has 0 saturated heterocycles. The zero-order chi connectivity index (χ0) is 11.4. The van der Waals surface area contributed by atoms with Gasteiger partial charge in [0, 0.05) is 12.3 Å². The minimum atomic E-state index is -0.125.